The maximum absolute atomic E-state index is 13.9. The Balaban J connectivity index is 2.29. The molecule has 7 heteroatoms. The van der Waals surface area contributed by atoms with Gasteiger partial charge in [0.15, 0.2) is 0 Å². The maximum atomic E-state index is 13.9. The van der Waals surface area contributed by atoms with Crippen LogP contribution in [0.15, 0.2) is 54.6 Å². The molecule has 0 fully saturated rings. The minimum Gasteiger partial charge on any atom is -0.314 e. The van der Waals surface area contributed by atoms with Gasteiger partial charge in [0.1, 0.15) is 12.4 Å². The van der Waals surface area contributed by atoms with Crippen LogP contribution in [0.4, 0.5) is 15.8 Å². The molecule has 122 valence electrons. The van der Waals surface area contributed by atoms with Crippen LogP contribution in [0.2, 0.25) is 0 Å². The van der Waals surface area contributed by atoms with E-state index in [-0.39, 0.29) is 5.69 Å². The second-order valence-electron chi connectivity index (χ2n) is 5.01. The van der Waals surface area contributed by atoms with Crippen LogP contribution in [-0.4, -0.2) is 34.2 Å². The van der Waals surface area contributed by atoms with Gasteiger partial charge in [0.2, 0.25) is 15.9 Å². The molecule has 0 heterocycles. The third kappa shape index (κ3) is 4.07. The molecular weight excluding hydrogens is 319 g/mol. The number of sulfonamides is 1. The summed E-state index contributed by atoms with van der Waals surface area (Å²) in [5, 5.41) is 0. The number of hydrogen-bond donors (Lipinski definition) is 0. The molecule has 5 nitrogen and oxygen atoms in total. The highest BCUT2D eigenvalue weighted by Crippen LogP contribution is 2.22. The van der Waals surface area contributed by atoms with Gasteiger partial charge in [-0.3, -0.25) is 9.10 Å². The number of benzene rings is 2. The first-order valence-electron chi connectivity index (χ1n) is 6.84. The molecule has 0 unspecified atom stereocenters. The zero-order valence-electron chi connectivity index (χ0n) is 12.8. The van der Waals surface area contributed by atoms with Crippen molar-refractivity contribution in [1.82, 2.24) is 0 Å². The molecule has 0 atom stereocenters. The smallest absolute Gasteiger partial charge is 0.247 e. The summed E-state index contributed by atoms with van der Waals surface area (Å²) in [5.41, 5.74) is 0.476. The lowest BCUT2D eigenvalue weighted by molar-refractivity contribution is -0.116. The van der Waals surface area contributed by atoms with Crippen LogP contribution >= 0.6 is 0 Å². The Bertz CT molecular complexity index is 794. The van der Waals surface area contributed by atoms with E-state index in [9.17, 15) is 17.6 Å². The van der Waals surface area contributed by atoms with Gasteiger partial charge in [-0.25, -0.2) is 12.8 Å². The number of carbonyl (C=O) groups excluding carboxylic acids is 1. The largest absolute Gasteiger partial charge is 0.314 e. The highest BCUT2D eigenvalue weighted by Gasteiger charge is 2.25. The van der Waals surface area contributed by atoms with Crippen molar-refractivity contribution in [1.29, 1.82) is 0 Å². The Morgan fingerprint density at radius 2 is 1.61 bits per heavy atom. The van der Waals surface area contributed by atoms with E-state index in [0.717, 1.165) is 16.6 Å². The van der Waals surface area contributed by atoms with Crippen LogP contribution in [0.25, 0.3) is 0 Å². The van der Waals surface area contributed by atoms with Crippen LogP contribution in [0.5, 0.6) is 0 Å². The number of likely N-dealkylation sites (N-methyl/N-ethyl adjacent to an activating group) is 1. The first kappa shape index (κ1) is 17.0. The van der Waals surface area contributed by atoms with Gasteiger partial charge >= 0.3 is 0 Å². The van der Waals surface area contributed by atoms with Gasteiger partial charge in [-0.05, 0) is 24.3 Å². The van der Waals surface area contributed by atoms with Gasteiger partial charge in [-0.1, -0.05) is 30.3 Å². The lowest BCUT2D eigenvalue weighted by Gasteiger charge is -2.25. The summed E-state index contributed by atoms with van der Waals surface area (Å²) in [5.74, 6) is -1.17. The standard InChI is InChI=1S/C16H17FN2O3S/c1-18(13-8-4-3-5-9-13)16(20)12-19(23(2,21)22)15-11-7-6-10-14(15)17/h3-11H,12H2,1-2H3. The number of nitrogens with zero attached hydrogens (tertiary/aromatic N) is 2. The highest BCUT2D eigenvalue weighted by molar-refractivity contribution is 7.92. The zero-order chi connectivity index (χ0) is 17.0. The van der Waals surface area contributed by atoms with E-state index in [4.69, 9.17) is 0 Å². The molecule has 1 amide bonds. The molecule has 0 saturated heterocycles. The summed E-state index contributed by atoms with van der Waals surface area (Å²) in [4.78, 5) is 13.7. The van der Waals surface area contributed by atoms with Crippen molar-refractivity contribution >= 4 is 27.3 Å². The quantitative estimate of drug-likeness (QED) is 0.841. The van der Waals surface area contributed by atoms with Gasteiger partial charge in [0, 0.05) is 12.7 Å². The number of amides is 1. The van der Waals surface area contributed by atoms with Crippen molar-refractivity contribution < 1.29 is 17.6 Å². The number of halogens is 1. The first-order valence-corrected chi connectivity index (χ1v) is 8.69. The number of para-hydroxylation sites is 2. The lowest BCUT2D eigenvalue weighted by Crippen LogP contribution is -2.41. The Labute approximate surface area is 135 Å². The molecule has 0 N–H and O–H groups in total. The number of rotatable bonds is 5. The maximum Gasteiger partial charge on any atom is 0.247 e. The van der Waals surface area contributed by atoms with Crippen molar-refractivity contribution in [2.75, 3.05) is 29.1 Å². The first-order chi connectivity index (χ1) is 10.8. The lowest BCUT2D eigenvalue weighted by atomic mass is 10.3. The van der Waals surface area contributed by atoms with Crippen LogP contribution in [0.3, 0.4) is 0 Å². The van der Waals surface area contributed by atoms with E-state index in [1.54, 1.807) is 31.3 Å². The van der Waals surface area contributed by atoms with Crippen molar-refractivity contribution in [3.8, 4) is 0 Å². The summed E-state index contributed by atoms with van der Waals surface area (Å²) in [6.07, 6.45) is 0.940. The summed E-state index contributed by atoms with van der Waals surface area (Å²) in [6.45, 7) is -0.481. The Morgan fingerprint density at radius 1 is 1.04 bits per heavy atom. The van der Waals surface area contributed by atoms with Crippen molar-refractivity contribution in [2.24, 2.45) is 0 Å². The van der Waals surface area contributed by atoms with Crippen molar-refractivity contribution in [3.63, 3.8) is 0 Å². The predicted octanol–water partition coefficient (Wildman–Crippen LogP) is 2.25. The van der Waals surface area contributed by atoms with Gasteiger partial charge < -0.3 is 4.90 Å². The molecule has 0 aromatic heterocycles. The second kappa shape index (κ2) is 6.78. The summed E-state index contributed by atoms with van der Waals surface area (Å²) >= 11 is 0. The average Bonchev–Trinajstić information content (AvgIpc) is 2.52. The second-order valence-corrected chi connectivity index (χ2v) is 6.92. The summed E-state index contributed by atoms with van der Waals surface area (Å²) in [7, 11) is -2.26. The van der Waals surface area contributed by atoms with E-state index in [1.165, 1.54) is 23.1 Å². The topological polar surface area (TPSA) is 57.7 Å². The van der Waals surface area contributed by atoms with Crippen molar-refractivity contribution in [2.45, 2.75) is 0 Å². The molecule has 0 saturated carbocycles. The van der Waals surface area contributed by atoms with E-state index in [2.05, 4.69) is 0 Å². The SMILES string of the molecule is CN(C(=O)CN(c1ccccc1F)S(C)(=O)=O)c1ccccc1. The molecule has 0 aliphatic carbocycles. The fourth-order valence-corrected chi connectivity index (χ4v) is 2.91. The average molecular weight is 336 g/mol. The monoisotopic (exact) mass is 336 g/mol. The van der Waals surface area contributed by atoms with Gasteiger partial charge in [0.25, 0.3) is 0 Å². The predicted molar refractivity (Wildman–Crippen MR) is 88.4 cm³/mol. The van der Waals surface area contributed by atoms with Crippen LogP contribution < -0.4 is 9.21 Å². The van der Waals surface area contributed by atoms with Gasteiger partial charge in [-0.2, -0.15) is 0 Å². The molecule has 0 aliphatic heterocycles. The Kier molecular flexibility index (Phi) is 5.00. The fourth-order valence-electron chi connectivity index (χ4n) is 2.06. The normalized spacial score (nSPS) is 11.1. The number of anilines is 2. The molecule has 0 bridgehead atoms. The Hall–Kier alpha value is -2.41. The third-order valence-electron chi connectivity index (χ3n) is 3.32. The van der Waals surface area contributed by atoms with E-state index in [0.29, 0.717) is 5.69 Å². The molecule has 23 heavy (non-hydrogen) atoms. The number of hydrogen-bond acceptors (Lipinski definition) is 3. The Morgan fingerprint density at radius 3 is 2.17 bits per heavy atom. The molecule has 2 aromatic carbocycles. The van der Waals surface area contributed by atoms with Gasteiger partial charge in [0.05, 0.1) is 11.9 Å². The molecule has 2 aromatic rings. The summed E-state index contributed by atoms with van der Waals surface area (Å²) < 4.78 is 38.6. The molecular formula is C16H17FN2O3S. The molecule has 0 aliphatic rings. The minimum atomic E-state index is -3.81. The highest BCUT2D eigenvalue weighted by atomic mass is 32.2. The summed E-state index contributed by atoms with van der Waals surface area (Å²) in [6, 6.07) is 14.3. The zero-order valence-corrected chi connectivity index (χ0v) is 13.6. The fraction of sp³-hybridized carbons (Fsp3) is 0.188. The van der Waals surface area contributed by atoms with Crippen LogP contribution in [-0.2, 0) is 14.8 Å². The molecule has 0 spiro atoms. The third-order valence-corrected chi connectivity index (χ3v) is 4.44. The van der Waals surface area contributed by atoms with Gasteiger partial charge in [-0.15, -0.1) is 0 Å². The van der Waals surface area contributed by atoms with Crippen LogP contribution in [0.1, 0.15) is 0 Å². The van der Waals surface area contributed by atoms with E-state index < -0.39 is 28.3 Å². The molecule has 2 rings (SSSR count). The van der Waals surface area contributed by atoms with E-state index >= 15 is 0 Å². The van der Waals surface area contributed by atoms with Crippen LogP contribution in [0, 0.1) is 5.82 Å². The van der Waals surface area contributed by atoms with E-state index in [1.807, 2.05) is 6.07 Å². The number of carbonyl (C=O) groups is 1. The minimum absolute atomic E-state index is 0.148. The van der Waals surface area contributed by atoms with Crippen molar-refractivity contribution in [3.05, 3.63) is 60.4 Å². The molecule has 0 radical (unpaired) electrons.